The number of hydrogen-bond acceptors (Lipinski definition) is 6. The van der Waals surface area contributed by atoms with Gasteiger partial charge in [0.05, 0.1) is 31.4 Å². The molecule has 2 amide bonds. The zero-order chi connectivity index (χ0) is 22.9. The number of carbonyl (C=O) groups is 2. The van der Waals surface area contributed by atoms with Crippen LogP contribution >= 0.6 is 11.3 Å². The first-order valence-electron chi connectivity index (χ1n) is 11.1. The number of fused-ring (bicyclic) bond motifs is 2. The first-order valence-corrected chi connectivity index (χ1v) is 12.0. The van der Waals surface area contributed by atoms with Crippen LogP contribution in [0, 0.1) is 0 Å². The number of carbonyl (C=O) groups excluding carboxylic acids is 2. The topological polar surface area (TPSA) is 59.1 Å². The van der Waals surface area contributed by atoms with E-state index in [1.54, 1.807) is 49.8 Å². The molecule has 3 heterocycles. The van der Waals surface area contributed by atoms with Gasteiger partial charge in [0.2, 0.25) is 0 Å². The lowest BCUT2D eigenvalue weighted by atomic mass is 9.90. The molecule has 6 nitrogen and oxygen atoms in total. The molecule has 0 saturated carbocycles. The standard InChI is InChI=1S/C26H26N2O4S/c1-31-21-15-17-10-13-27(24(23-9-5-14-33-23)20(17)16-22(21)32-2)11-6-12-28-25(29)18-7-3-4-8-19(18)26(28)30/h3-5,7-9,14-16,24H,6,10-13H2,1-2H3. The SMILES string of the molecule is COc1cc2c(cc1OC)C(c1cccs1)N(CCCN1C(=O)c3ccccc3C1=O)CC2. The van der Waals surface area contributed by atoms with Crippen LogP contribution < -0.4 is 9.47 Å². The Bertz CT molecular complexity index is 1160. The van der Waals surface area contributed by atoms with Crippen molar-refractivity contribution in [1.29, 1.82) is 0 Å². The highest BCUT2D eigenvalue weighted by Crippen LogP contribution is 2.42. The molecule has 2 aliphatic rings. The van der Waals surface area contributed by atoms with Gasteiger partial charge in [-0.1, -0.05) is 18.2 Å². The Morgan fingerprint density at radius 1 is 0.939 bits per heavy atom. The second-order valence-electron chi connectivity index (χ2n) is 8.27. The number of nitrogens with zero attached hydrogens (tertiary/aromatic N) is 2. The van der Waals surface area contributed by atoms with Gasteiger partial charge in [0, 0.05) is 24.5 Å². The van der Waals surface area contributed by atoms with Crippen LogP contribution in [0.3, 0.4) is 0 Å². The summed E-state index contributed by atoms with van der Waals surface area (Å²) in [6.45, 7) is 2.09. The molecule has 1 aromatic heterocycles. The quantitative estimate of drug-likeness (QED) is 0.487. The average Bonchev–Trinajstić information content (AvgIpc) is 3.46. The number of imide groups is 1. The van der Waals surface area contributed by atoms with E-state index in [1.165, 1.54) is 20.9 Å². The molecule has 0 aliphatic carbocycles. The minimum atomic E-state index is -0.189. The summed E-state index contributed by atoms with van der Waals surface area (Å²) in [5, 5.41) is 2.10. The highest BCUT2D eigenvalue weighted by Gasteiger charge is 2.35. The second kappa shape index (κ2) is 9.00. The highest BCUT2D eigenvalue weighted by molar-refractivity contribution is 7.10. The molecule has 3 aromatic rings. The number of methoxy groups -OCH3 is 2. The van der Waals surface area contributed by atoms with Crippen molar-refractivity contribution in [2.24, 2.45) is 0 Å². The highest BCUT2D eigenvalue weighted by atomic mass is 32.1. The Hall–Kier alpha value is -3.16. The van der Waals surface area contributed by atoms with Crippen LogP contribution in [0.15, 0.2) is 53.9 Å². The molecule has 2 aromatic carbocycles. The Kier molecular flexibility index (Phi) is 5.91. The molecule has 0 fully saturated rings. The van der Waals surface area contributed by atoms with Gasteiger partial charge in [-0.25, -0.2) is 0 Å². The first-order chi connectivity index (χ1) is 16.1. The first kappa shape index (κ1) is 21.7. The molecular weight excluding hydrogens is 436 g/mol. The number of rotatable bonds is 7. The van der Waals surface area contributed by atoms with Crippen molar-refractivity contribution in [1.82, 2.24) is 9.80 Å². The lowest BCUT2D eigenvalue weighted by molar-refractivity contribution is 0.0644. The van der Waals surface area contributed by atoms with E-state index in [9.17, 15) is 9.59 Å². The van der Waals surface area contributed by atoms with Crippen molar-refractivity contribution < 1.29 is 19.1 Å². The largest absolute Gasteiger partial charge is 0.493 e. The van der Waals surface area contributed by atoms with Gasteiger partial charge in [-0.05, 0) is 59.7 Å². The summed E-state index contributed by atoms with van der Waals surface area (Å²) in [5.74, 6) is 1.10. The minimum absolute atomic E-state index is 0.107. The zero-order valence-corrected chi connectivity index (χ0v) is 19.6. The van der Waals surface area contributed by atoms with Crippen LogP contribution in [0.2, 0.25) is 0 Å². The van der Waals surface area contributed by atoms with E-state index in [1.807, 2.05) is 0 Å². The van der Waals surface area contributed by atoms with Gasteiger partial charge in [0.25, 0.3) is 11.8 Å². The second-order valence-corrected chi connectivity index (χ2v) is 9.25. The van der Waals surface area contributed by atoms with Crippen LogP contribution in [-0.2, 0) is 6.42 Å². The summed E-state index contributed by atoms with van der Waals surface area (Å²) in [6.07, 6.45) is 1.63. The van der Waals surface area contributed by atoms with Gasteiger partial charge in [-0.2, -0.15) is 0 Å². The third kappa shape index (κ3) is 3.81. The molecule has 0 N–H and O–H groups in total. The number of thiophene rings is 1. The number of ether oxygens (including phenoxy) is 2. The maximum Gasteiger partial charge on any atom is 0.261 e. The molecule has 7 heteroatoms. The molecule has 1 atom stereocenters. The van der Waals surface area contributed by atoms with Gasteiger partial charge < -0.3 is 9.47 Å². The Labute approximate surface area is 197 Å². The summed E-state index contributed by atoms with van der Waals surface area (Å²) in [7, 11) is 3.32. The van der Waals surface area contributed by atoms with Crippen LogP contribution in [0.1, 0.15) is 49.2 Å². The number of benzene rings is 2. The minimum Gasteiger partial charge on any atom is -0.493 e. The van der Waals surface area contributed by atoms with E-state index >= 15 is 0 Å². The number of hydrogen-bond donors (Lipinski definition) is 0. The summed E-state index contributed by atoms with van der Waals surface area (Å²) in [4.78, 5) is 30.5. The van der Waals surface area contributed by atoms with Gasteiger partial charge in [0.1, 0.15) is 0 Å². The molecule has 5 rings (SSSR count). The van der Waals surface area contributed by atoms with Gasteiger partial charge >= 0.3 is 0 Å². The summed E-state index contributed by atoms with van der Waals surface area (Å²) >= 11 is 1.74. The van der Waals surface area contributed by atoms with Crippen molar-refractivity contribution in [2.75, 3.05) is 33.9 Å². The van der Waals surface area contributed by atoms with Crippen molar-refractivity contribution >= 4 is 23.2 Å². The predicted molar refractivity (Wildman–Crippen MR) is 127 cm³/mol. The molecule has 1 unspecified atom stereocenters. The van der Waals surface area contributed by atoms with Crippen LogP contribution in [0.4, 0.5) is 0 Å². The van der Waals surface area contributed by atoms with Gasteiger partial charge in [-0.3, -0.25) is 19.4 Å². The predicted octanol–water partition coefficient (Wildman–Crippen LogP) is 4.40. The van der Waals surface area contributed by atoms with Gasteiger partial charge in [0.15, 0.2) is 11.5 Å². The fraction of sp³-hybridized carbons (Fsp3) is 0.308. The van der Waals surface area contributed by atoms with Crippen LogP contribution in [0.5, 0.6) is 11.5 Å². The van der Waals surface area contributed by atoms with Crippen LogP contribution in [0.25, 0.3) is 0 Å². The molecule has 170 valence electrons. The third-order valence-corrected chi connectivity index (χ3v) is 7.42. The molecule has 0 saturated heterocycles. The lowest BCUT2D eigenvalue weighted by Gasteiger charge is -2.37. The van der Waals surface area contributed by atoms with Crippen molar-refractivity contribution in [2.45, 2.75) is 18.9 Å². The zero-order valence-electron chi connectivity index (χ0n) is 18.7. The van der Waals surface area contributed by atoms with E-state index < -0.39 is 0 Å². The number of amides is 2. The summed E-state index contributed by atoms with van der Waals surface area (Å²) < 4.78 is 11.1. The van der Waals surface area contributed by atoms with E-state index in [4.69, 9.17) is 9.47 Å². The van der Waals surface area contributed by atoms with Gasteiger partial charge in [-0.15, -0.1) is 11.3 Å². The maximum atomic E-state index is 12.7. The van der Waals surface area contributed by atoms with Crippen molar-refractivity contribution in [3.63, 3.8) is 0 Å². The Morgan fingerprint density at radius 3 is 2.27 bits per heavy atom. The lowest BCUT2D eigenvalue weighted by Crippen LogP contribution is -2.38. The molecule has 2 aliphatic heterocycles. The fourth-order valence-electron chi connectivity index (χ4n) is 4.89. The Balaban J connectivity index is 1.36. The molecule has 33 heavy (non-hydrogen) atoms. The van der Waals surface area contributed by atoms with Crippen LogP contribution in [-0.4, -0.2) is 55.5 Å². The van der Waals surface area contributed by atoms with E-state index in [-0.39, 0.29) is 17.9 Å². The monoisotopic (exact) mass is 462 g/mol. The Morgan fingerprint density at radius 2 is 1.64 bits per heavy atom. The van der Waals surface area contributed by atoms with Crippen molar-refractivity contribution in [3.8, 4) is 11.5 Å². The average molecular weight is 463 g/mol. The summed E-state index contributed by atoms with van der Waals surface area (Å²) in [5.41, 5.74) is 3.50. The molecule has 0 radical (unpaired) electrons. The van der Waals surface area contributed by atoms with E-state index in [0.717, 1.165) is 37.4 Å². The normalized spacial score (nSPS) is 17.8. The molecular formula is C26H26N2O4S. The third-order valence-electron chi connectivity index (χ3n) is 6.49. The molecule has 0 bridgehead atoms. The molecule has 0 spiro atoms. The smallest absolute Gasteiger partial charge is 0.261 e. The summed E-state index contributed by atoms with van der Waals surface area (Å²) in [6, 6.07) is 15.6. The maximum absolute atomic E-state index is 12.7. The van der Waals surface area contributed by atoms with E-state index in [0.29, 0.717) is 17.7 Å². The fourth-order valence-corrected chi connectivity index (χ4v) is 5.77. The van der Waals surface area contributed by atoms with Crippen molar-refractivity contribution in [3.05, 3.63) is 81.0 Å². The van der Waals surface area contributed by atoms with E-state index in [2.05, 4.69) is 34.5 Å².